The second-order valence-corrected chi connectivity index (χ2v) is 7.72. The van der Waals surface area contributed by atoms with E-state index in [0.717, 1.165) is 37.2 Å². The van der Waals surface area contributed by atoms with Crippen LogP contribution in [0.3, 0.4) is 0 Å². The predicted octanol–water partition coefficient (Wildman–Crippen LogP) is 7.47. The van der Waals surface area contributed by atoms with Crippen molar-refractivity contribution >= 4 is 0 Å². The normalized spacial score (nSPS) is 19.5. The first-order chi connectivity index (χ1) is 14.3. The number of ether oxygens (including phenoxy) is 2. The summed E-state index contributed by atoms with van der Waals surface area (Å²) in [6.45, 7) is 0.735. The standard InChI is InChI=1S/C23H25F5O2/c1-2-3-15-4-6-16(7-5-15)17-8-10-18(11-9-17)23(27,28)30-19-12-20(25)22(29-14-24)21(26)13-19/h8-13,15-16H,2-7,14H2,1H3. The van der Waals surface area contributed by atoms with Crippen LogP contribution in [0.2, 0.25) is 0 Å². The van der Waals surface area contributed by atoms with Crippen molar-refractivity contribution in [3.63, 3.8) is 0 Å². The Morgan fingerprint density at radius 2 is 1.57 bits per heavy atom. The van der Waals surface area contributed by atoms with E-state index in [4.69, 9.17) is 0 Å². The van der Waals surface area contributed by atoms with Crippen molar-refractivity contribution in [2.24, 2.45) is 5.92 Å². The molecule has 0 spiro atoms. The Hall–Kier alpha value is -2.31. The molecule has 7 heteroatoms. The van der Waals surface area contributed by atoms with Crippen LogP contribution in [0.1, 0.15) is 62.5 Å². The fraction of sp³-hybridized carbons (Fsp3) is 0.478. The van der Waals surface area contributed by atoms with E-state index < -0.39 is 41.7 Å². The van der Waals surface area contributed by atoms with Crippen molar-refractivity contribution in [3.05, 3.63) is 59.2 Å². The fourth-order valence-electron chi connectivity index (χ4n) is 4.14. The highest BCUT2D eigenvalue weighted by Crippen LogP contribution is 2.39. The monoisotopic (exact) mass is 428 g/mol. The molecule has 2 aromatic carbocycles. The van der Waals surface area contributed by atoms with Gasteiger partial charge in [-0.25, -0.2) is 13.2 Å². The second kappa shape index (κ2) is 9.67. The molecule has 0 unspecified atom stereocenters. The van der Waals surface area contributed by atoms with E-state index in [-0.39, 0.29) is 0 Å². The van der Waals surface area contributed by atoms with E-state index in [0.29, 0.717) is 18.1 Å². The highest BCUT2D eigenvalue weighted by molar-refractivity contribution is 5.36. The molecule has 1 fully saturated rings. The smallest absolute Gasteiger partial charge is 0.426 e. The average molecular weight is 428 g/mol. The Morgan fingerprint density at radius 3 is 2.10 bits per heavy atom. The molecule has 0 aliphatic heterocycles. The summed E-state index contributed by atoms with van der Waals surface area (Å²) in [5.41, 5.74) is 0.588. The third-order valence-electron chi connectivity index (χ3n) is 5.68. The minimum atomic E-state index is -3.79. The molecule has 0 aromatic heterocycles. The van der Waals surface area contributed by atoms with E-state index in [1.54, 1.807) is 12.1 Å². The van der Waals surface area contributed by atoms with Crippen molar-refractivity contribution in [1.29, 1.82) is 0 Å². The molecule has 3 rings (SSSR count). The van der Waals surface area contributed by atoms with Crippen molar-refractivity contribution in [2.45, 2.75) is 57.5 Å². The molecule has 30 heavy (non-hydrogen) atoms. The van der Waals surface area contributed by atoms with Gasteiger partial charge in [-0.1, -0.05) is 31.9 Å². The summed E-state index contributed by atoms with van der Waals surface area (Å²) in [5, 5.41) is 0. The van der Waals surface area contributed by atoms with Gasteiger partial charge in [0.15, 0.2) is 17.4 Å². The number of alkyl halides is 3. The third kappa shape index (κ3) is 5.24. The van der Waals surface area contributed by atoms with Crippen LogP contribution < -0.4 is 9.47 Å². The Balaban J connectivity index is 1.68. The SMILES string of the molecule is CCCC1CCC(c2ccc(C(F)(F)Oc3cc(F)c(OCF)c(F)c3)cc2)CC1. The Labute approximate surface area is 173 Å². The maximum atomic E-state index is 14.5. The number of rotatable bonds is 8. The first-order valence-corrected chi connectivity index (χ1v) is 10.2. The maximum absolute atomic E-state index is 14.5. The van der Waals surface area contributed by atoms with Gasteiger partial charge in [0.1, 0.15) is 5.75 Å². The Bertz CT molecular complexity index is 807. The first-order valence-electron chi connectivity index (χ1n) is 10.2. The molecule has 0 saturated heterocycles. The lowest BCUT2D eigenvalue weighted by Gasteiger charge is -2.29. The highest BCUT2D eigenvalue weighted by atomic mass is 19.3. The molecule has 0 amide bonds. The van der Waals surface area contributed by atoms with Gasteiger partial charge in [-0.15, -0.1) is 0 Å². The zero-order valence-electron chi connectivity index (χ0n) is 16.8. The predicted molar refractivity (Wildman–Crippen MR) is 104 cm³/mol. The van der Waals surface area contributed by atoms with E-state index >= 15 is 0 Å². The molecule has 0 heterocycles. The van der Waals surface area contributed by atoms with E-state index in [2.05, 4.69) is 16.4 Å². The van der Waals surface area contributed by atoms with Crippen molar-refractivity contribution < 1.29 is 31.4 Å². The molecule has 2 nitrogen and oxygen atoms in total. The van der Waals surface area contributed by atoms with Crippen LogP contribution in [0.5, 0.6) is 11.5 Å². The topological polar surface area (TPSA) is 18.5 Å². The van der Waals surface area contributed by atoms with Gasteiger partial charge in [-0.05, 0) is 55.2 Å². The average Bonchev–Trinajstić information content (AvgIpc) is 2.71. The molecule has 0 N–H and O–H groups in total. The van der Waals surface area contributed by atoms with Crippen LogP contribution >= 0.6 is 0 Å². The molecular weight excluding hydrogens is 403 g/mol. The molecule has 1 saturated carbocycles. The summed E-state index contributed by atoms with van der Waals surface area (Å²) >= 11 is 0. The lowest BCUT2D eigenvalue weighted by molar-refractivity contribution is -0.185. The Kier molecular flexibility index (Phi) is 7.21. The van der Waals surface area contributed by atoms with Gasteiger partial charge < -0.3 is 9.47 Å². The molecule has 164 valence electrons. The van der Waals surface area contributed by atoms with Crippen molar-refractivity contribution in [1.82, 2.24) is 0 Å². The summed E-state index contributed by atoms with van der Waals surface area (Å²) in [6, 6.07) is 6.95. The van der Waals surface area contributed by atoms with Crippen LogP contribution in [0, 0.1) is 17.6 Å². The molecule has 0 atom stereocenters. The van der Waals surface area contributed by atoms with Crippen LogP contribution in [0.25, 0.3) is 0 Å². The summed E-state index contributed by atoms with van der Waals surface area (Å²) in [4.78, 5) is 0. The number of benzene rings is 2. The van der Waals surface area contributed by atoms with Crippen molar-refractivity contribution in [2.75, 3.05) is 6.86 Å². The van der Waals surface area contributed by atoms with Gasteiger partial charge >= 0.3 is 6.11 Å². The third-order valence-corrected chi connectivity index (χ3v) is 5.68. The first kappa shape index (κ1) is 22.4. The van der Waals surface area contributed by atoms with Gasteiger partial charge in [0.05, 0.1) is 5.56 Å². The van der Waals surface area contributed by atoms with Crippen LogP contribution in [0.4, 0.5) is 22.0 Å². The lowest BCUT2D eigenvalue weighted by Crippen LogP contribution is -2.22. The van der Waals surface area contributed by atoms with Crippen LogP contribution in [0.15, 0.2) is 36.4 Å². The number of hydrogen-bond donors (Lipinski definition) is 0. The zero-order valence-corrected chi connectivity index (χ0v) is 16.8. The second-order valence-electron chi connectivity index (χ2n) is 7.72. The minimum Gasteiger partial charge on any atom is -0.457 e. The van der Waals surface area contributed by atoms with Crippen LogP contribution in [-0.4, -0.2) is 6.86 Å². The summed E-state index contributed by atoms with van der Waals surface area (Å²) < 4.78 is 77.4. The lowest BCUT2D eigenvalue weighted by atomic mass is 9.77. The molecular formula is C23H25F5O2. The maximum Gasteiger partial charge on any atom is 0.426 e. The summed E-state index contributed by atoms with van der Waals surface area (Å²) in [7, 11) is 0. The van der Waals surface area contributed by atoms with E-state index in [1.165, 1.54) is 25.0 Å². The molecule has 2 aromatic rings. The van der Waals surface area contributed by atoms with Gasteiger partial charge in [-0.2, -0.15) is 8.78 Å². The summed E-state index contributed by atoms with van der Waals surface area (Å²) in [6.07, 6.45) is 3.01. The minimum absolute atomic E-state index is 0.355. The fourth-order valence-corrected chi connectivity index (χ4v) is 4.14. The summed E-state index contributed by atoms with van der Waals surface area (Å²) in [5.74, 6) is -3.25. The van der Waals surface area contributed by atoms with Gasteiger partial charge in [0.2, 0.25) is 6.86 Å². The molecule has 1 aliphatic rings. The van der Waals surface area contributed by atoms with Crippen LogP contribution in [-0.2, 0) is 6.11 Å². The number of halogens is 5. The molecule has 0 radical (unpaired) electrons. The highest BCUT2D eigenvalue weighted by Gasteiger charge is 2.35. The van der Waals surface area contributed by atoms with Crippen molar-refractivity contribution in [3.8, 4) is 11.5 Å². The zero-order chi connectivity index (χ0) is 21.7. The molecule has 0 bridgehead atoms. The van der Waals surface area contributed by atoms with Gasteiger partial charge in [-0.3, -0.25) is 0 Å². The van der Waals surface area contributed by atoms with Gasteiger partial charge in [0, 0.05) is 12.1 Å². The Morgan fingerprint density at radius 1 is 0.967 bits per heavy atom. The van der Waals surface area contributed by atoms with E-state index in [1.807, 2.05) is 0 Å². The van der Waals surface area contributed by atoms with Gasteiger partial charge in [0.25, 0.3) is 0 Å². The number of hydrogen-bond acceptors (Lipinski definition) is 2. The molecule has 1 aliphatic carbocycles. The quantitative estimate of drug-likeness (QED) is 0.406. The largest absolute Gasteiger partial charge is 0.457 e. The van der Waals surface area contributed by atoms with E-state index in [9.17, 15) is 22.0 Å².